The highest BCUT2D eigenvalue weighted by Crippen LogP contribution is 2.23. The molecule has 1 atom stereocenters. The van der Waals surface area contributed by atoms with Crippen LogP contribution in [-0.2, 0) is 14.3 Å². The van der Waals surface area contributed by atoms with Crippen molar-refractivity contribution in [3.05, 3.63) is 35.6 Å². The second kappa shape index (κ2) is 5.81. The molecule has 0 aromatic heterocycles. The van der Waals surface area contributed by atoms with Crippen molar-refractivity contribution < 1.29 is 18.7 Å². The molecule has 1 aliphatic rings. The molecule has 6 heteroatoms. The lowest BCUT2D eigenvalue weighted by Gasteiger charge is -2.21. The first-order valence-corrected chi connectivity index (χ1v) is 6.30. The van der Waals surface area contributed by atoms with E-state index in [-0.39, 0.29) is 30.0 Å². The molecule has 0 saturated heterocycles. The summed E-state index contributed by atoms with van der Waals surface area (Å²) < 4.78 is 17.9. The van der Waals surface area contributed by atoms with E-state index in [1.54, 1.807) is 13.8 Å². The van der Waals surface area contributed by atoms with Gasteiger partial charge in [0.1, 0.15) is 11.5 Å². The summed E-state index contributed by atoms with van der Waals surface area (Å²) in [7, 11) is 0. The maximum atomic E-state index is 12.9. The molecule has 106 valence electrons. The number of hydrazone groups is 1. The van der Waals surface area contributed by atoms with Crippen molar-refractivity contribution in [2.24, 2.45) is 5.10 Å². The molecule has 1 aromatic carbocycles. The van der Waals surface area contributed by atoms with Gasteiger partial charge in [-0.2, -0.15) is 5.10 Å². The number of hydrogen-bond donors (Lipinski definition) is 1. The Bertz CT molecular complexity index is 552. The van der Waals surface area contributed by atoms with Gasteiger partial charge in [0.15, 0.2) is 0 Å². The lowest BCUT2D eigenvalue weighted by Crippen LogP contribution is -2.37. The first-order chi connectivity index (χ1) is 9.47. The molecule has 0 spiro atoms. The number of amides is 1. The maximum Gasteiger partial charge on any atom is 0.354 e. The average Bonchev–Trinajstić information content (AvgIpc) is 2.39. The fourth-order valence-electron chi connectivity index (χ4n) is 1.91. The normalized spacial score (nSPS) is 18.5. The van der Waals surface area contributed by atoms with E-state index in [1.165, 1.54) is 24.3 Å². The van der Waals surface area contributed by atoms with E-state index in [4.69, 9.17) is 4.74 Å². The topological polar surface area (TPSA) is 67.8 Å². The Balaban J connectivity index is 2.16. The molecule has 1 aromatic rings. The number of halogens is 1. The van der Waals surface area contributed by atoms with Crippen LogP contribution in [0.1, 0.15) is 31.7 Å². The summed E-state index contributed by atoms with van der Waals surface area (Å²) in [6.07, 6.45) is -0.115. The van der Waals surface area contributed by atoms with Gasteiger partial charge in [0, 0.05) is 6.42 Å². The zero-order chi connectivity index (χ0) is 14.7. The summed E-state index contributed by atoms with van der Waals surface area (Å²) in [5.74, 6) is -1.81. The van der Waals surface area contributed by atoms with Gasteiger partial charge in [-0.25, -0.2) is 14.6 Å². The van der Waals surface area contributed by atoms with Crippen LogP contribution in [0.15, 0.2) is 29.4 Å². The number of carbonyl (C=O) groups is 2. The number of esters is 1. The van der Waals surface area contributed by atoms with Gasteiger partial charge >= 0.3 is 5.97 Å². The first kappa shape index (κ1) is 14.2. The fourth-order valence-corrected chi connectivity index (χ4v) is 1.91. The number of ether oxygens (including phenoxy) is 1. The molecule has 2 rings (SSSR count). The molecule has 5 nitrogen and oxygen atoms in total. The van der Waals surface area contributed by atoms with E-state index >= 15 is 0 Å². The van der Waals surface area contributed by atoms with Crippen molar-refractivity contribution in [2.75, 3.05) is 0 Å². The standard InChI is InChI=1S/C14H15FN2O3/c1-8(2)20-14(19)12-7-11(13(18)17-16-12)9-3-5-10(15)6-4-9/h3-6,8,11H,7H2,1-2H3,(H,17,18). The van der Waals surface area contributed by atoms with Gasteiger partial charge in [-0.1, -0.05) is 12.1 Å². The zero-order valence-electron chi connectivity index (χ0n) is 11.2. The Morgan fingerprint density at radius 1 is 1.40 bits per heavy atom. The average molecular weight is 278 g/mol. The molecular weight excluding hydrogens is 263 g/mol. The van der Waals surface area contributed by atoms with Crippen LogP contribution in [-0.4, -0.2) is 23.7 Å². The molecule has 1 heterocycles. The van der Waals surface area contributed by atoms with Crippen LogP contribution in [0.25, 0.3) is 0 Å². The van der Waals surface area contributed by atoms with Crippen LogP contribution in [0, 0.1) is 5.82 Å². The number of rotatable bonds is 3. The van der Waals surface area contributed by atoms with Crippen molar-refractivity contribution in [2.45, 2.75) is 32.3 Å². The van der Waals surface area contributed by atoms with E-state index in [1.807, 2.05) is 0 Å². The Hall–Kier alpha value is -2.24. The minimum absolute atomic E-state index is 0.142. The Kier molecular flexibility index (Phi) is 4.12. The molecule has 0 fully saturated rings. The Morgan fingerprint density at radius 3 is 2.65 bits per heavy atom. The molecule has 0 radical (unpaired) electrons. The van der Waals surface area contributed by atoms with Crippen molar-refractivity contribution in [1.29, 1.82) is 0 Å². The highest BCUT2D eigenvalue weighted by Gasteiger charge is 2.30. The van der Waals surface area contributed by atoms with Crippen LogP contribution in [0.2, 0.25) is 0 Å². The molecule has 1 amide bonds. The molecular formula is C14H15FN2O3. The van der Waals surface area contributed by atoms with Gasteiger partial charge in [0.25, 0.3) is 0 Å². The van der Waals surface area contributed by atoms with Crippen LogP contribution in [0.5, 0.6) is 0 Å². The smallest absolute Gasteiger partial charge is 0.354 e. The highest BCUT2D eigenvalue weighted by molar-refractivity contribution is 6.37. The summed E-state index contributed by atoms with van der Waals surface area (Å²) in [5, 5.41) is 3.73. The van der Waals surface area contributed by atoms with E-state index in [0.717, 1.165) is 0 Å². The quantitative estimate of drug-likeness (QED) is 0.856. The van der Waals surface area contributed by atoms with Crippen molar-refractivity contribution >= 4 is 17.6 Å². The lowest BCUT2D eigenvalue weighted by molar-refractivity contribution is -0.139. The van der Waals surface area contributed by atoms with Crippen LogP contribution in [0.3, 0.4) is 0 Å². The molecule has 1 aliphatic heterocycles. The van der Waals surface area contributed by atoms with E-state index in [2.05, 4.69) is 10.5 Å². The van der Waals surface area contributed by atoms with E-state index in [9.17, 15) is 14.0 Å². The molecule has 1 N–H and O–H groups in total. The predicted octanol–water partition coefficient (Wildman–Crippen LogP) is 1.74. The van der Waals surface area contributed by atoms with Crippen molar-refractivity contribution in [3.63, 3.8) is 0 Å². The third kappa shape index (κ3) is 3.20. The van der Waals surface area contributed by atoms with Gasteiger partial charge in [-0.3, -0.25) is 4.79 Å². The molecule has 0 saturated carbocycles. The summed E-state index contributed by atoms with van der Waals surface area (Å²) >= 11 is 0. The monoisotopic (exact) mass is 278 g/mol. The minimum Gasteiger partial charge on any atom is -0.458 e. The second-order valence-electron chi connectivity index (χ2n) is 4.80. The van der Waals surface area contributed by atoms with Gasteiger partial charge in [-0.15, -0.1) is 0 Å². The van der Waals surface area contributed by atoms with Gasteiger partial charge < -0.3 is 4.74 Å². The first-order valence-electron chi connectivity index (χ1n) is 6.30. The van der Waals surface area contributed by atoms with Crippen molar-refractivity contribution in [1.82, 2.24) is 5.43 Å². The number of benzene rings is 1. The number of carbonyl (C=O) groups excluding carboxylic acids is 2. The molecule has 0 aliphatic carbocycles. The summed E-state index contributed by atoms with van der Waals surface area (Å²) in [6, 6.07) is 5.60. The number of hydrogen-bond acceptors (Lipinski definition) is 4. The highest BCUT2D eigenvalue weighted by atomic mass is 19.1. The third-order valence-corrected chi connectivity index (χ3v) is 2.87. The van der Waals surface area contributed by atoms with Crippen molar-refractivity contribution in [3.8, 4) is 0 Å². The lowest BCUT2D eigenvalue weighted by atomic mass is 9.92. The third-order valence-electron chi connectivity index (χ3n) is 2.87. The predicted molar refractivity (Wildman–Crippen MR) is 70.6 cm³/mol. The number of nitrogens with one attached hydrogen (secondary N) is 1. The van der Waals surface area contributed by atoms with Crippen LogP contribution >= 0.6 is 0 Å². The van der Waals surface area contributed by atoms with Gasteiger partial charge in [-0.05, 0) is 31.5 Å². The number of nitrogens with zero attached hydrogens (tertiary/aromatic N) is 1. The largest absolute Gasteiger partial charge is 0.458 e. The van der Waals surface area contributed by atoms with Gasteiger partial charge in [0.05, 0.1) is 12.0 Å². The Labute approximate surface area is 115 Å². The summed E-state index contributed by atoms with van der Waals surface area (Å²) in [6.45, 7) is 3.47. The van der Waals surface area contributed by atoms with Gasteiger partial charge in [0.2, 0.25) is 5.91 Å². The summed E-state index contributed by atoms with van der Waals surface area (Å²) in [4.78, 5) is 23.6. The van der Waals surface area contributed by atoms with E-state index < -0.39 is 11.9 Å². The van der Waals surface area contributed by atoms with Crippen LogP contribution < -0.4 is 5.43 Å². The SMILES string of the molecule is CC(C)OC(=O)C1=NNC(=O)C(c2ccc(F)cc2)C1. The molecule has 1 unspecified atom stereocenters. The fraction of sp³-hybridized carbons (Fsp3) is 0.357. The maximum absolute atomic E-state index is 12.9. The zero-order valence-corrected chi connectivity index (χ0v) is 11.2. The van der Waals surface area contributed by atoms with E-state index in [0.29, 0.717) is 5.56 Å². The molecule has 20 heavy (non-hydrogen) atoms. The minimum atomic E-state index is -0.567. The van der Waals surface area contributed by atoms with Crippen LogP contribution in [0.4, 0.5) is 4.39 Å². The summed E-state index contributed by atoms with van der Waals surface area (Å²) in [5.41, 5.74) is 3.10. The second-order valence-corrected chi connectivity index (χ2v) is 4.80. The Morgan fingerprint density at radius 2 is 2.05 bits per heavy atom. The molecule has 0 bridgehead atoms.